The van der Waals surface area contributed by atoms with Crippen LogP contribution < -0.4 is 16.4 Å². The van der Waals surface area contributed by atoms with Crippen LogP contribution in [0, 0.1) is 23.7 Å². The summed E-state index contributed by atoms with van der Waals surface area (Å²) in [6.45, 7) is 9.56. The summed E-state index contributed by atoms with van der Waals surface area (Å²) in [6.07, 6.45) is 5.25. The van der Waals surface area contributed by atoms with E-state index in [9.17, 15) is 24.0 Å². The normalized spacial score (nSPS) is 14.2. The zero-order valence-corrected chi connectivity index (χ0v) is 27.3. The molecule has 1 aromatic carbocycles. The van der Waals surface area contributed by atoms with E-state index in [1.165, 1.54) is 6.92 Å². The summed E-state index contributed by atoms with van der Waals surface area (Å²) in [5.74, 6) is -1.60. The first kappa shape index (κ1) is 37.5. The molecule has 0 aliphatic rings. The number of nitrogens with one attached hydrogen (secondary N) is 2. The van der Waals surface area contributed by atoms with Gasteiger partial charge in [0.25, 0.3) is 0 Å². The van der Waals surface area contributed by atoms with E-state index in [4.69, 9.17) is 5.73 Å². The predicted molar refractivity (Wildman–Crippen MR) is 171 cm³/mol. The average molecular weight is 604 g/mol. The molecule has 4 unspecified atom stereocenters. The van der Waals surface area contributed by atoms with Crippen LogP contribution in [0.4, 0.5) is 0 Å². The zero-order chi connectivity index (χ0) is 31.7. The first-order chi connectivity index (χ1) is 19.9. The van der Waals surface area contributed by atoms with Crippen LogP contribution in [0.3, 0.4) is 0 Å². The lowest BCUT2D eigenvalue weighted by atomic mass is 9.88. The number of carbonyl (C=O) groups excluding carboxylic acids is 5. The number of amides is 2. The summed E-state index contributed by atoms with van der Waals surface area (Å²) in [7, 11) is 0. The molecule has 0 bridgehead atoms. The number of carbonyl (C=O) groups is 5. The molecular formula is C33H53N3O5S. The van der Waals surface area contributed by atoms with Crippen molar-refractivity contribution in [3.8, 4) is 0 Å². The molecule has 4 N–H and O–H groups in total. The van der Waals surface area contributed by atoms with Crippen LogP contribution in [0.2, 0.25) is 0 Å². The van der Waals surface area contributed by atoms with Gasteiger partial charge in [0.15, 0.2) is 11.6 Å². The minimum absolute atomic E-state index is 0.0446. The van der Waals surface area contributed by atoms with Crippen LogP contribution >= 0.6 is 11.8 Å². The number of hydrogen-bond acceptors (Lipinski definition) is 7. The fraction of sp³-hybridized carbons (Fsp3) is 0.667. The summed E-state index contributed by atoms with van der Waals surface area (Å²) >= 11 is 1.60. The van der Waals surface area contributed by atoms with Crippen molar-refractivity contribution in [1.29, 1.82) is 0 Å². The summed E-state index contributed by atoms with van der Waals surface area (Å²) in [4.78, 5) is 65.5. The van der Waals surface area contributed by atoms with Crippen molar-refractivity contribution in [3.05, 3.63) is 35.9 Å². The first-order valence-corrected chi connectivity index (χ1v) is 16.7. The van der Waals surface area contributed by atoms with Crippen molar-refractivity contribution in [3.63, 3.8) is 0 Å². The van der Waals surface area contributed by atoms with Gasteiger partial charge in [-0.3, -0.25) is 19.2 Å². The number of rotatable bonds is 22. The molecule has 0 aromatic heterocycles. The molecule has 9 heteroatoms. The highest BCUT2D eigenvalue weighted by Crippen LogP contribution is 2.20. The third kappa shape index (κ3) is 14.6. The second kappa shape index (κ2) is 20.4. The van der Waals surface area contributed by atoms with Gasteiger partial charge < -0.3 is 21.2 Å². The maximum atomic E-state index is 13.8. The zero-order valence-electron chi connectivity index (χ0n) is 26.4. The SMILES string of the molecule is CSCCC(CC(C)=O)C(=O)NC(CC(C)C)C(=O)CC(Cc1ccccc1)C(=O)NC(CCCCN)C(=O)C(C)C. The number of benzene rings is 1. The Bertz CT molecular complexity index is 999. The third-order valence-electron chi connectivity index (χ3n) is 7.31. The van der Waals surface area contributed by atoms with E-state index in [2.05, 4.69) is 10.6 Å². The number of ketones is 3. The van der Waals surface area contributed by atoms with Crippen molar-refractivity contribution in [1.82, 2.24) is 10.6 Å². The van der Waals surface area contributed by atoms with Crippen LogP contribution in [-0.2, 0) is 30.4 Å². The topological polar surface area (TPSA) is 135 Å². The number of nitrogens with two attached hydrogens (primary N) is 1. The molecule has 0 fully saturated rings. The van der Waals surface area contributed by atoms with Gasteiger partial charge in [-0.15, -0.1) is 0 Å². The van der Waals surface area contributed by atoms with E-state index in [1.807, 2.05) is 64.3 Å². The van der Waals surface area contributed by atoms with Crippen LogP contribution in [0.25, 0.3) is 0 Å². The molecule has 2 amide bonds. The van der Waals surface area contributed by atoms with Gasteiger partial charge in [0.2, 0.25) is 11.8 Å². The predicted octanol–water partition coefficient (Wildman–Crippen LogP) is 4.52. The van der Waals surface area contributed by atoms with Gasteiger partial charge in [0.1, 0.15) is 5.78 Å². The number of Topliss-reactive ketones (excluding diaryl/α,β-unsaturated/α-hetero) is 3. The largest absolute Gasteiger partial charge is 0.346 e. The molecule has 0 aliphatic carbocycles. The molecule has 0 aliphatic heterocycles. The highest BCUT2D eigenvalue weighted by Gasteiger charge is 2.32. The van der Waals surface area contributed by atoms with Crippen molar-refractivity contribution in [2.45, 2.75) is 98.1 Å². The number of unbranched alkanes of at least 4 members (excludes halogenated alkanes) is 1. The van der Waals surface area contributed by atoms with E-state index in [0.717, 1.165) is 17.7 Å². The number of hydrogen-bond donors (Lipinski definition) is 3. The molecule has 1 rings (SSSR count). The Hall–Kier alpha value is -2.52. The Morgan fingerprint density at radius 2 is 1.45 bits per heavy atom. The molecule has 0 heterocycles. The third-order valence-corrected chi connectivity index (χ3v) is 7.95. The Morgan fingerprint density at radius 3 is 2.00 bits per heavy atom. The minimum atomic E-state index is -0.773. The minimum Gasteiger partial charge on any atom is -0.346 e. The van der Waals surface area contributed by atoms with E-state index in [1.54, 1.807) is 11.8 Å². The smallest absolute Gasteiger partial charge is 0.224 e. The summed E-state index contributed by atoms with van der Waals surface area (Å²) in [5, 5.41) is 5.89. The van der Waals surface area contributed by atoms with Gasteiger partial charge in [-0.2, -0.15) is 11.8 Å². The van der Waals surface area contributed by atoms with Gasteiger partial charge >= 0.3 is 0 Å². The molecular weight excluding hydrogens is 550 g/mol. The lowest BCUT2D eigenvalue weighted by Crippen LogP contribution is -2.48. The van der Waals surface area contributed by atoms with Gasteiger partial charge in [-0.25, -0.2) is 0 Å². The standard InChI is InChI=1S/C33H53N3O5S/c1-22(2)18-29(36-32(40)26(15-17-42-6)19-24(5)37)30(38)21-27(20-25-12-8-7-9-13-25)33(41)35-28(14-10-11-16-34)31(39)23(3)4/h7-9,12-13,22-23,26-29H,10-11,14-21,34H2,1-6H3,(H,35,41)(H,36,40). The Balaban J connectivity index is 3.22. The van der Waals surface area contributed by atoms with Crippen molar-refractivity contribution in [2.75, 3.05) is 18.6 Å². The highest BCUT2D eigenvalue weighted by molar-refractivity contribution is 7.98. The van der Waals surface area contributed by atoms with Gasteiger partial charge in [0.05, 0.1) is 12.1 Å². The van der Waals surface area contributed by atoms with E-state index in [-0.39, 0.29) is 53.8 Å². The Morgan fingerprint density at radius 1 is 0.833 bits per heavy atom. The molecule has 1 aromatic rings. The molecule has 0 spiro atoms. The maximum absolute atomic E-state index is 13.8. The fourth-order valence-corrected chi connectivity index (χ4v) is 5.50. The maximum Gasteiger partial charge on any atom is 0.224 e. The summed E-state index contributed by atoms with van der Waals surface area (Å²) < 4.78 is 0. The van der Waals surface area contributed by atoms with Crippen LogP contribution in [0.5, 0.6) is 0 Å². The molecule has 0 radical (unpaired) electrons. The van der Waals surface area contributed by atoms with Crippen molar-refractivity contribution < 1.29 is 24.0 Å². The lowest BCUT2D eigenvalue weighted by molar-refractivity contribution is -0.135. The quantitative estimate of drug-likeness (QED) is 0.166. The Kier molecular flexibility index (Phi) is 18.2. The lowest BCUT2D eigenvalue weighted by Gasteiger charge is -2.26. The van der Waals surface area contributed by atoms with Gasteiger partial charge in [-0.1, -0.05) is 58.0 Å². The van der Waals surface area contributed by atoms with Gasteiger partial charge in [0, 0.05) is 30.6 Å². The second-order valence-electron chi connectivity index (χ2n) is 12.0. The number of thioether (sulfide) groups is 1. The Labute approximate surface area is 257 Å². The van der Waals surface area contributed by atoms with Crippen LogP contribution in [-0.4, -0.2) is 59.8 Å². The van der Waals surface area contributed by atoms with E-state index < -0.39 is 23.9 Å². The molecule has 0 saturated carbocycles. The van der Waals surface area contributed by atoms with Crippen molar-refractivity contribution >= 4 is 40.9 Å². The second-order valence-corrected chi connectivity index (χ2v) is 13.0. The van der Waals surface area contributed by atoms with E-state index in [0.29, 0.717) is 38.6 Å². The molecule has 8 nitrogen and oxygen atoms in total. The summed E-state index contributed by atoms with van der Waals surface area (Å²) in [6, 6.07) is 8.06. The highest BCUT2D eigenvalue weighted by atomic mass is 32.2. The molecule has 42 heavy (non-hydrogen) atoms. The molecule has 236 valence electrons. The fourth-order valence-electron chi connectivity index (χ4n) is 4.98. The van der Waals surface area contributed by atoms with Gasteiger partial charge in [-0.05, 0) is 75.5 Å². The monoisotopic (exact) mass is 603 g/mol. The van der Waals surface area contributed by atoms with Crippen LogP contribution in [0.1, 0.15) is 85.1 Å². The first-order valence-electron chi connectivity index (χ1n) is 15.3. The molecule has 0 saturated heterocycles. The summed E-state index contributed by atoms with van der Waals surface area (Å²) in [5.41, 5.74) is 6.55. The van der Waals surface area contributed by atoms with Crippen LogP contribution in [0.15, 0.2) is 30.3 Å². The average Bonchev–Trinajstić information content (AvgIpc) is 2.93. The molecule has 4 atom stereocenters. The van der Waals surface area contributed by atoms with Crippen molar-refractivity contribution in [2.24, 2.45) is 29.4 Å². The van der Waals surface area contributed by atoms with E-state index >= 15 is 0 Å².